The minimum absolute atomic E-state index is 0.621. The zero-order valence-electron chi connectivity index (χ0n) is 8.29. The highest BCUT2D eigenvalue weighted by molar-refractivity contribution is 5.17. The molecule has 1 aromatic rings. The maximum absolute atomic E-state index is 5.42. The van der Waals surface area contributed by atoms with Gasteiger partial charge in [0.05, 0.1) is 11.4 Å². The molecule has 0 unspecified atom stereocenters. The van der Waals surface area contributed by atoms with Gasteiger partial charge in [0.2, 0.25) is 5.88 Å². The number of ether oxygens (including phenoxy) is 1. The van der Waals surface area contributed by atoms with E-state index >= 15 is 0 Å². The second kappa shape index (κ2) is 4.77. The Labute approximate surface area is 78.4 Å². The molecular formula is C9H15N3O. The number of nitrogens with zero attached hydrogens (tertiary/aromatic N) is 2. The molecule has 0 bridgehead atoms. The quantitative estimate of drug-likeness (QED) is 0.694. The highest BCUT2D eigenvalue weighted by atomic mass is 16.5. The molecule has 0 spiro atoms. The summed E-state index contributed by atoms with van der Waals surface area (Å²) in [5, 5.41) is 3.00. The Morgan fingerprint density at radius 3 is 2.92 bits per heavy atom. The molecule has 0 saturated carbocycles. The van der Waals surface area contributed by atoms with Gasteiger partial charge in [-0.15, -0.1) is 0 Å². The van der Waals surface area contributed by atoms with E-state index in [4.69, 9.17) is 4.74 Å². The Morgan fingerprint density at radius 1 is 1.46 bits per heavy atom. The van der Waals surface area contributed by atoms with Crippen molar-refractivity contribution < 1.29 is 4.74 Å². The molecule has 13 heavy (non-hydrogen) atoms. The van der Waals surface area contributed by atoms with Crippen LogP contribution in [-0.2, 0) is 0 Å². The van der Waals surface area contributed by atoms with Crippen LogP contribution >= 0.6 is 0 Å². The van der Waals surface area contributed by atoms with Crippen LogP contribution < -0.4 is 10.1 Å². The fourth-order valence-corrected chi connectivity index (χ4v) is 0.902. The van der Waals surface area contributed by atoms with Gasteiger partial charge in [0.15, 0.2) is 0 Å². The SMILES string of the molecule is CNCCOc1nc(C)cnc1C. The van der Waals surface area contributed by atoms with Crippen LogP contribution in [0.3, 0.4) is 0 Å². The lowest BCUT2D eigenvalue weighted by Crippen LogP contribution is -2.17. The number of rotatable bonds is 4. The fourth-order valence-electron chi connectivity index (χ4n) is 0.902. The predicted octanol–water partition coefficient (Wildman–Crippen LogP) is 0.692. The van der Waals surface area contributed by atoms with Crippen LogP contribution in [0.4, 0.5) is 0 Å². The van der Waals surface area contributed by atoms with Gasteiger partial charge >= 0.3 is 0 Å². The summed E-state index contributed by atoms with van der Waals surface area (Å²) in [5.41, 5.74) is 1.71. The Morgan fingerprint density at radius 2 is 2.23 bits per heavy atom. The van der Waals surface area contributed by atoms with Crippen molar-refractivity contribution in [3.8, 4) is 5.88 Å². The Balaban J connectivity index is 2.59. The van der Waals surface area contributed by atoms with E-state index < -0.39 is 0 Å². The van der Waals surface area contributed by atoms with E-state index in [0.29, 0.717) is 12.5 Å². The molecule has 1 heterocycles. The van der Waals surface area contributed by atoms with E-state index in [-0.39, 0.29) is 0 Å². The number of aromatic nitrogens is 2. The summed E-state index contributed by atoms with van der Waals surface area (Å²) < 4.78 is 5.42. The smallest absolute Gasteiger partial charge is 0.235 e. The van der Waals surface area contributed by atoms with Crippen LogP contribution in [0.5, 0.6) is 5.88 Å². The Kier molecular flexibility index (Phi) is 3.64. The summed E-state index contributed by atoms with van der Waals surface area (Å²) in [7, 11) is 1.89. The van der Waals surface area contributed by atoms with Crippen LogP contribution in [0.25, 0.3) is 0 Å². The molecule has 0 aromatic carbocycles. The molecule has 1 N–H and O–H groups in total. The molecular weight excluding hydrogens is 166 g/mol. The molecule has 0 atom stereocenters. The lowest BCUT2D eigenvalue weighted by Gasteiger charge is -2.06. The van der Waals surface area contributed by atoms with E-state index in [9.17, 15) is 0 Å². The minimum Gasteiger partial charge on any atom is -0.475 e. The van der Waals surface area contributed by atoms with Crippen molar-refractivity contribution in [2.24, 2.45) is 0 Å². The van der Waals surface area contributed by atoms with Gasteiger partial charge in [-0.05, 0) is 20.9 Å². The molecule has 72 valence electrons. The molecule has 0 amide bonds. The topological polar surface area (TPSA) is 47.0 Å². The molecule has 4 heteroatoms. The van der Waals surface area contributed by atoms with Gasteiger partial charge < -0.3 is 10.1 Å². The number of hydrogen-bond acceptors (Lipinski definition) is 4. The van der Waals surface area contributed by atoms with Crippen LogP contribution in [-0.4, -0.2) is 30.2 Å². The van der Waals surface area contributed by atoms with E-state index in [2.05, 4.69) is 15.3 Å². The highest BCUT2D eigenvalue weighted by Gasteiger charge is 2.01. The predicted molar refractivity (Wildman–Crippen MR) is 50.9 cm³/mol. The number of nitrogens with one attached hydrogen (secondary N) is 1. The first-order chi connectivity index (χ1) is 6.24. The molecule has 0 fully saturated rings. The summed E-state index contributed by atoms with van der Waals surface area (Å²) in [5.74, 6) is 0.634. The lowest BCUT2D eigenvalue weighted by molar-refractivity contribution is 0.302. The zero-order chi connectivity index (χ0) is 9.68. The van der Waals surface area contributed by atoms with E-state index in [1.54, 1.807) is 6.20 Å². The molecule has 1 rings (SSSR count). The Bertz CT molecular complexity index is 276. The number of aryl methyl sites for hydroxylation is 2. The van der Waals surface area contributed by atoms with Crippen molar-refractivity contribution in [2.75, 3.05) is 20.2 Å². The number of likely N-dealkylation sites (N-methyl/N-ethyl adjacent to an activating group) is 1. The summed E-state index contributed by atoms with van der Waals surface area (Å²) in [6.45, 7) is 5.23. The second-order valence-electron chi connectivity index (χ2n) is 2.85. The third-order valence-electron chi connectivity index (χ3n) is 1.62. The Hall–Kier alpha value is -1.16. The maximum atomic E-state index is 5.42. The summed E-state index contributed by atoms with van der Waals surface area (Å²) in [4.78, 5) is 8.38. The summed E-state index contributed by atoms with van der Waals surface area (Å²) in [6, 6.07) is 0. The minimum atomic E-state index is 0.621. The standard InChI is InChI=1S/C9H15N3O/c1-7-6-11-8(2)9(12-7)13-5-4-10-3/h6,10H,4-5H2,1-3H3. The largest absolute Gasteiger partial charge is 0.475 e. The van der Waals surface area contributed by atoms with Gasteiger partial charge in [-0.2, -0.15) is 0 Å². The molecule has 0 aliphatic heterocycles. The maximum Gasteiger partial charge on any atom is 0.235 e. The van der Waals surface area contributed by atoms with Crippen LogP contribution in [0.2, 0.25) is 0 Å². The van der Waals surface area contributed by atoms with Crippen molar-refractivity contribution >= 4 is 0 Å². The molecule has 4 nitrogen and oxygen atoms in total. The van der Waals surface area contributed by atoms with E-state index in [1.807, 2.05) is 20.9 Å². The second-order valence-corrected chi connectivity index (χ2v) is 2.85. The first kappa shape index (κ1) is 9.92. The first-order valence-corrected chi connectivity index (χ1v) is 4.31. The fraction of sp³-hybridized carbons (Fsp3) is 0.556. The third-order valence-corrected chi connectivity index (χ3v) is 1.62. The monoisotopic (exact) mass is 181 g/mol. The van der Waals surface area contributed by atoms with Crippen molar-refractivity contribution in [3.05, 3.63) is 17.6 Å². The highest BCUT2D eigenvalue weighted by Crippen LogP contribution is 2.10. The van der Waals surface area contributed by atoms with E-state index in [1.165, 1.54) is 0 Å². The first-order valence-electron chi connectivity index (χ1n) is 4.31. The molecule has 0 aliphatic rings. The van der Waals surface area contributed by atoms with E-state index in [0.717, 1.165) is 17.9 Å². The average molecular weight is 181 g/mol. The molecule has 0 saturated heterocycles. The third kappa shape index (κ3) is 2.99. The van der Waals surface area contributed by atoms with Crippen LogP contribution in [0.1, 0.15) is 11.4 Å². The van der Waals surface area contributed by atoms with Gasteiger partial charge in [-0.25, -0.2) is 4.98 Å². The van der Waals surface area contributed by atoms with Crippen molar-refractivity contribution in [1.82, 2.24) is 15.3 Å². The summed E-state index contributed by atoms with van der Waals surface area (Å²) >= 11 is 0. The van der Waals surface area contributed by atoms with Gasteiger partial charge in [0, 0.05) is 12.7 Å². The van der Waals surface area contributed by atoms with Crippen LogP contribution in [0.15, 0.2) is 6.20 Å². The van der Waals surface area contributed by atoms with Gasteiger partial charge in [-0.1, -0.05) is 0 Å². The normalized spacial score (nSPS) is 10.1. The van der Waals surface area contributed by atoms with Crippen molar-refractivity contribution in [1.29, 1.82) is 0 Å². The van der Waals surface area contributed by atoms with Crippen LogP contribution in [0, 0.1) is 13.8 Å². The zero-order valence-corrected chi connectivity index (χ0v) is 8.29. The van der Waals surface area contributed by atoms with Gasteiger partial charge in [0.25, 0.3) is 0 Å². The molecule has 0 aliphatic carbocycles. The molecule has 1 aromatic heterocycles. The average Bonchev–Trinajstić information content (AvgIpc) is 2.11. The summed E-state index contributed by atoms with van der Waals surface area (Å²) in [6.07, 6.45) is 1.74. The molecule has 0 radical (unpaired) electrons. The van der Waals surface area contributed by atoms with Crippen molar-refractivity contribution in [3.63, 3.8) is 0 Å². The lowest BCUT2D eigenvalue weighted by atomic mass is 10.4. The van der Waals surface area contributed by atoms with Gasteiger partial charge in [0.1, 0.15) is 6.61 Å². The van der Waals surface area contributed by atoms with Gasteiger partial charge in [-0.3, -0.25) is 4.98 Å². The number of hydrogen-bond donors (Lipinski definition) is 1. The van der Waals surface area contributed by atoms with Crippen molar-refractivity contribution in [2.45, 2.75) is 13.8 Å².